The van der Waals surface area contributed by atoms with Crippen LogP contribution >= 0.6 is 11.8 Å². The lowest BCUT2D eigenvalue weighted by Gasteiger charge is -2.21. The zero-order valence-corrected chi connectivity index (χ0v) is 10.9. The van der Waals surface area contributed by atoms with Crippen LogP contribution in [-0.2, 0) is 4.79 Å². The van der Waals surface area contributed by atoms with Crippen LogP contribution in [0.1, 0.15) is 19.8 Å². The number of nitrogens with zero attached hydrogens (tertiary/aromatic N) is 1. The van der Waals surface area contributed by atoms with Crippen molar-refractivity contribution in [3.05, 3.63) is 12.7 Å². The Bertz CT molecular complexity index is 227. The maximum atomic E-state index is 11.9. The summed E-state index contributed by atoms with van der Waals surface area (Å²) >= 11 is 1.83. The number of likely N-dealkylation sites (tertiary alicyclic amines) is 1. The van der Waals surface area contributed by atoms with Gasteiger partial charge in [0, 0.05) is 31.1 Å². The van der Waals surface area contributed by atoms with E-state index in [1.54, 1.807) is 0 Å². The normalized spacial score (nSPS) is 17.4. The zero-order valence-electron chi connectivity index (χ0n) is 10.1. The summed E-state index contributed by atoms with van der Waals surface area (Å²) in [6, 6.07) is -0.0394. The van der Waals surface area contributed by atoms with E-state index in [-0.39, 0.29) is 11.9 Å². The fourth-order valence-corrected chi connectivity index (χ4v) is 2.41. The molecule has 1 saturated heterocycles. The predicted molar refractivity (Wildman–Crippen MR) is 70.8 cm³/mol. The van der Waals surface area contributed by atoms with Gasteiger partial charge in [0.1, 0.15) is 0 Å². The van der Waals surface area contributed by atoms with Crippen LogP contribution in [0.3, 0.4) is 0 Å². The summed E-state index contributed by atoms with van der Waals surface area (Å²) in [7, 11) is 0. The van der Waals surface area contributed by atoms with Gasteiger partial charge in [0.15, 0.2) is 0 Å². The number of thioether (sulfide) groups is 1. The van der Waals surface area contributed by atoms with Gasteiger partial charge in [-0.05, 0) is 19.8 Å². The van der Waals surface area contributed by atoms with Crippen molar-refractivity contribution in [2.45, 2.75) is 25.8 Å². The van der Waals surface area contributed by atoms with Crippen molar-refractivity contribution in [3.8, 4) is 0 Å². The average Bonchev–Trinajstić information content (AvgIpc) is 2.81. The third kappa shape index (κ3) is 4.58. The number of nitrogens with one attached hydrogen (secondary N) is 1. The first-order valence-electron chi connectivity index (χ1n) is 5.96. The molecular weight excluding hydrogens is 220 g/mol. The molecule has 0 aromatic heterocycles. The number of carbonyl (C=O) groups is 1. The van der Waals surface area contributed by atoms with Crippen molar-refractivity contribution in [1.82, 2.24) is 10.2 Å². The van der Waals surface area contributed by atoms with E-state index in [0.29, 0.717) is 0 Å². The molecule has 0 saturated carbocycles. The summed E-state index contributed by atoms with van der Waals surface area (Å²) in [4.78, 5) is 13.9. The topological polar surface area (TPSA) is 32.3 Å². The second-order valence-corrected chi connectivity index (χ2v) is 5.22. The van der Waals surface area contributed by atoms with Crippen LogP contribution in [0.5, 0.6) is 0 Å². The Morgan fingerprint density at radius 2 is 2.25 bits per heavy atom. The Hall–Kier alpha value is -0.480. The Morgan fingerprint density at radius 1 is 1.56 bits per heavy atom. The SMILES string of the molecule is C=CCSCCNC(C)C(=O)N1CCCC1. The van der Waals surface area contributed by atoms with Gasteiger partial charge in [0.25, 0.3) is 0 Å². The monoisotopic (exact) mass is 242 g/mol. The highest BCUT2D eigenvalue weighted by Crippen LogP contribution is 2.08. The number of carbonyl (C=O) groups excluding carboxylic acids is 1. The van der Waals surface area contributed by atoms with Gasteiger partial charge in [-0.25, -0.2) is 0 Å². The van der Waals surface area contributed by atoms with E-state index in [9.17, 15) is 4.79 Å². The summed E-state index contributed by atoms with van der Waals surface area (Å²) in [5.74, 6) is 2.27. The van der Waals surface area contributed by atoms with Crippen LogP contribution in [0.25, 0.3) is 0 Å². The Balaban J connectivity index is 2.11. The molecule has 0 radical (unpaired) electrons. The Labute approximate surface area is 103 Å². The van der Waals surface area contributed by atoms with Crippen LogP contribution < -0.4 is 5.32 Å². The van der Waals surface area contributed by atoms with Crippen molar-refractivity contribution in [3.63, 3.8) is 0 Å². The molecular formula is C12H22N2OS. The van der Waals surface area contributed by atoms with Gasteiger partial charge in [-0.15, -0.1) is 6.58 Å². The quantitative estimate of drug-likeness (QED) is 0.542. The summed E-state index contributed by atoms with van der Waals surface area (Å²) in [5, 5.41) is 3.27. The van der Waals surface area contributed by atoms with E-state index in [4.69, 9.17) is 0 Å². The average molecular weight is 242 g/mol. The van der Waals surface area contributed by atoms with Crippen LogP contribution in [0.2, 0.25) is 0 Å². The predicted octanol–water partition coefficient (Wildman–Crippen LogP) is 1.51. The Morgan fingerprint density at radius 3 is 2.88 bits per heavy atom. The van der Waals surface area contributed by atoms with E-state index >= 15 is 0 Å². The van der Waals surface area contributed by atoms with Crippen LogP contribution in [0.4, 0.5) is 0 Å². The van der Waals surface area contributed by atoms with Gasteiger partial charge in [0.05, 0.1) is 6.04 Å². The first kappa shape index (κ1) is 13.6. The maximum absolute atomic E-state index is 11.9. The molecule has 16 heavy (non-hydrogen) atoms. The number of rotatable bonds is 7. The van der Waals surface area contributed by atoms with Gasteiger partial charge in [-0.3, -0.25) is 4.79 Å². The fraction of sp³-hybridized carbons (Fsp3) is 0.750. The zero-order chi connectivity index (χ0) is 11.8. The molecule has 1 heterocycles. The number of amides is 1. The molecule has 1 rings (SSSR count). The molecule has 1 aliphatic heterocycles. The summed E-state index contributed by atoms with van der Waals surface area (Å²) in [6.07, 6.45) is 4.23. The summed E-state index contributed by atoms with van der Waals surface area (Å²) in [6.45, 7) is 8.40. The van der Waals surface area contributed by atoms with Crippen molar-refractivity contribution in [2.24, 2.45) is 0 Å². The second-order valence-electron chi connectivity index (χ2n) is 4.07. The van der Waals surface area contributed by atoms with Gasteiger partial charge >= 0.3 is 0 Å². The molecule has 1 unspecified atom stereocenters. The largest absolute Gasteiger partial charge is 0.341 e. The highest BCUT2D eigenvalue weighted by atomic mass is 32.2. The van der Waals surface area contributed by atoms with E-state index in [1.807, 2.05) is 29.7 Å². The van der Waals surface area contributed by atoms with E-state index < -0.39 is 0 Å². The standard InChI is InChI=1S/C12H22N2OS/c1-3-9-16-10-6-13-11(2)12(15)14-7-4-5-8-14/h3,11,13H,1,4-10H2,2H3. The highest BCUT2D eigenvalue weighted by Gasteiger charge is 2.22. The van der Waals surface area contributed by atoms with Crippen molar-refractivity contribution < 1.29 is 4.79 Å². The molecule has 0 bridgehead atoms. The second kappa shape index (κ2) is 7.74. The first-order chi connectivity index (χ1) is 7.75. The third-order valence-electron chi connectivity index (χ3n) is 2.72. The smallest absolute Gasteiger partial charge is 0.239 e. The van der Waals surface area contributed by atoms with E-state index in [1.165, 1.54) is 0 Å². The Kier molecular flexibility index (Phi) is 6.57. The molecule has 0 aromatic rings. The van der Waals surface area contributed by atoms with Gasteiger partial charge in [-0.1, -0.05) is 6.08 Å². The molecule has 3 nitrogen and oxygen atoms in total. The summed E-state index contributed by atoms with van der Waals surface area (Å²) in [5.41, 5.74) is 0. The molecule has 1 N–H and O–H groups in total. The molecule has 92 valence electrons. The molecule has 1 fully saturated rings. The van der Waals surface area contributed by atoms with E-state index in [0.717, 1.165) is 44.0 Å². The summed E-state index contributed by atoms with van der Waals surface area (Å²) < 4.78 is 0. The molecule has 1 atom stereocenters. The molecule has 0 spiro atoms. The van der Waals surface area contributed by atoms with Gasteiger partial charge in [-0.2, -0.15) is 11.8 Å². The first-order valence-corrected chi connectivity index (χ1v) is 7.12. The van der Waals surface area contributed by atoms with Crippen molar-refractivity contribution >= 4 is 17.7 Å². The number of hydrogen-bond acceptors (Lipinski definition) is 3. The molecule has 1 amide bonds. The van der Waals surface area contributed by atoms with Gasteiger partial charge < -0.3 is 10.2 Å². The van der Waals surface area contributed by atoms with Crippen LogP contribution in [0.15, 0.2) is 12.7 Å². The van der Waals surface area contributed by atoms with Crippen molar-refractivity contribution in [2.75, 3.05) is 31.1 Å². The van der Waals surface area contributed by atoms with Gasteiger partial charge in [0.2, 0.25) is 5.91 Å². The van der Waals surface area contributed by atoms with Crippen LogP contribution in [-0.4, -0.2) is 48.0 Å². The van der Waals surface area contributed by atoms with Crippen molar-refractivity contribution in [1.29, 1.82) is 0 Å². The lowest BCUT2D eigenvalue weighted by atomic mass is 10.3. The third-order valence-corrected chi connectivity index (χ3v) is 3.68. The number of hydrogen-bond donors (Lipinski definition) is 1. The fourth-order valence-electron chi connectivity index (χ4n) is 1.81. The molecule has 0 aliphatic carbocycles. The highest BCUT2D eigenvalue weighted by molar-refractivity contribution is 7.99. The molecule has 1 aliphatic rings. The molecule has 4 heteroatoms. The molecule has 0 aromatic carbocycles. The van der Waals surface area contributed by atoms with Crippen LogP contribution in [0, 0.1) is 0 Å². The maximum Gasteiger partial charge on any atom is 0.239 e. The minimum Gasteiger partial charge on any atom is -0.341 e. The minimum atomic E-state index is -0.0394. The minimum absolute atomic E-state index is 0.0394. The lowest BCUT2D eigenvalue weighted by Crippen LogP contribution is -2.44. The van der Waals surface area contributed by atoms with E-state index in [2.05, 4.69) is 11.9 Å². The lowest BCUT2D eigenvalue weighted by molar-refractivity contribution is -0.131.